The Kier molecular flexibility index (Phi) is 4.81. The average Bonchev–Trinajstić information content (AvgIpc) is 2.44. The molecule has 0 aliphatic carbocycles. The summed E-state index contributed by atoms with van der Waals surface area (Å²) in [6.45, 7) is 2.94. The SMILES string of the molecule is CCCCNc1cc(Nc2ccc(F)c(F)c2)ncn1. The first kappa shape index (κ1) is 14.2. The second kappa shape index (κ2) is 6.79. The molecule has 2 aromatic rings. The minimum absolute atomic E-state index is 0.433. The smallest absolute Gasteiger partial charge is 0.160 e. The summed E-state index contributed by atoms with van der Waals surface area (Å²) in [5, 5.41) is 6.07. The Labute approximate surface area is 116 Å². The Hall–Kier alpha value is -2.24. The van der Waals surface area contributed by atoms with E-state index in [1.807, 2.05) is 0 Å². The van der Waals surface area contributed by atoms with Gasteiger partial charge in [0.2, 0.25) is 0 Å². The molecule has 1 aromatic heterocycles. The van der Waals surface area contributed by atoms with Crippen LogP contribution in [-0.4, -0.2) is 16.5 Å². The van der Waals surface area contributed by atoms with Crippen LogP contribution in [0.25, 0.3) is 0 Å². The molecule has 2 rings (SSSR count). The van der Waals surface area contributed by atoms with E-state index < -0.39 is 11.6 Å². The molecule has 0 fully saturated rings. The van der Waals surface area contributed by atoms with Gasteiger partial charge in [-0.2, -0.15) is 0 Å². The predicted octanol–water partition coefficient (Wildman–Crippen LogP) is 3.71. The van der Waals surface area contributed by atoms with Crippen molar-refractivity contribution in [2.24, 2.45) is 0 Å². The molecule has 1 heterocycles. The molecule has 0 spiro atoms. The normalized spacial score (nSPS) is 10.3. The van der Waals surface area contributed by atoms with Gasteiger partial charge in [0, 0.05) is 24.4 Å². The topological polar surface area (TPSA) is 49.8 Å². The van der Waals surface area contributed by atoms with Crippen LogP contribution >= 0.6 is 0 Å². The monoisotopic (exact) mass is 278 g/mol. The number of anilines is 3. The summed E-state index contributed by atoms with van der Waals surface area (Å²) < 4.78 is 25.9. The standard InChI is InChI=1S/C14H16F2N4/c1-2-3-6-17-13-8-14(19-9-18-13)20-10-4-5-11(15)12(16)7-10/h4-5,7-9H,2-3,6H2,1H3,(H2,17,18,19,20). The lowest BCUT2D eigenvalue weighted by Gasteiger charge is -2.08. The van der Waals surface area contributed by atoms with Crippen molar-refractivity contribution < 1.29 is 8.78 Å². The quantitative estimate of drug-likeness (QED) is 0.791. The zero-order chi connectivity index (χ0) is 14.4. The van der Waals surface area contributed by atoms with E-state index in [0.29, 0.717) is 17.3 Å². The molecule has 0 aliphatic heterocycles. The van der Waals surface area contributed by atoms with Crippen molar-refractivity contribution in [3.63, 3.8) is 0 Å². The van der Waals surface area contributed by atoms with Crippen molar-refractivity contribution in [3.05, 3.63) is 42.2 Å². The van der Waals surface area contributed by atoms with Crippen LogP contribution < -0.4 is 10.6 Å². The number of aromatic nitrogens is 2. The second-order valence-corrected chi connectivity index (χ2v) is 4.32. The van der Waals surface area contributed by atoms with Crippen LogP contribution in [0.2, 0.25) is 0 Å². The highest BCUT2D eigenvalue weighted by Gasteiger charge is 2.04. The molecule has 0 radical (unpaired) electrons. The van der Waals surface area contributed by atoms with E-state index in [2.05, 4.69) is 27.5 Å². The highest BCUT2D eigenvalue weighted by molar-refractivity contribution is 5.58. The lowest BCUT2D eigenvalue weighted by molar-refractivity contribution is 0.509. The number of benzene rings is 1. The fraction of sp³-hybridized carbons (Fsp3) is 0.286. The maximum Gasteiger partial charge on any atom is 0.160 e. The fourth-order valence-corrected chi connectivity index (χ4v) is 1.64. The van der Waals surface area contributed by atoms with E-state index in [1.54, 1.807) is 6.07 Å². The van der Waals surface area contributed by atoms with Crippen molar-refractivity contribution >= 4 is 17.3 Å². The summed E-state index contributed by atoms with van der Waals surface area (Å²) in [7, 11) is 0. The summed E-state index contributed by atoms with van der Waals surface area (Å²) >= 11 is 0. The molecule has 0 bridgehead atoms. The Morgan fingerprint density at radius 1 is 1.05 bits per heavy atom. The van der Waals surface area contributed by atoms with Gasteiger partial charge in [0.25, 0.3) is 0 Å². The number of hydrogen-bond acceptors (Lipinski definition) is 4. The predicted molar refractivity (Wildman–Crippen MR) is 75.1 cm³/mol. The molecule has 0 unspecified atom stereocenters. The minimum Gasteiger partial charge on any atom is -0.370 e. The van der Waals surface area contributed by atoms with Gasteiger partial charge in [-0.05, 0) is 18.6 Å². The summed E-state index contributed by atoms with van der Waals surface area (Å²) in [5.41, 5.74) is 0.433. The van der Waals surface area contributed by atoms with Gasteiger partial charge >= 0.3 is 0 Å². The van der Waals surface area contributed by atoms with Crippen LogP contribution in [0.3, 0.4) is 0 Å². The zero-order valence-corrected chi connectivity index (χ0v) is 11.2. The van der Waals surface area contributed by atoms with Gasteiger partial charge in [-0.3, -0.25) is 0 Å². The number of rotatable bonds is 6. The van der Waals surface area contributed by atoms with Crippen molar-refractivity contribution in [3.8, 4) is 0 Å². The molecule has 6 heteroatoms. The highest BCUT2D eigenvalue weighted by Crippen LogP contribution is 2.18. The molecule has 0 saturated carbocycles. The van der Waals surface area contributed by atoms with Gasteiger partial charge in [-0.15, -0.1) is 0 Å². The van der Waals surface area contributed by atoms with Gasteiger partial charge in [-0.25, -0.2) is 18.7 Å². The van der Waals surface area contributed by atoms with Gasteiger partial charge < -0.3 is 10.6 Å². The molecule has 106 valence electrons. The fourth-order valence-electron chi connectivity index (χ4n) is 1.64. The minimum atomic E-state index is -0.898. The number of halogens is 2. The lowest BCUT2D eigenvalue weighted by atomic mass is 10.3. The average molecular weight is 278 g/mol. The van der Waals surface area contributed by atoms with Gasteiger partial charge in [0.15, 0.2) is 11.6 Å². The second-order valence-electron chi connectivity index (χ2n) is 4.32. The third kappa shape index (κ3) is 3.88. The first-order valence-electron chi connectivity index (χ1n) is 6.47. The van der Waals surface area contributed by atoms with Crippen LogP contribution in [0, 0.1) is 11.6 Å². The number of nitrogens with one attached hydrogen (secondary N) is 2. The van der Waals surface area contributed by atoms with Crippen molar-refractivity contribution in [2.75, 3.05) is 17.2 Å². The van der Waals surface area contributed by atoms with Gasteiger partial charge in [0.1, 0.15) is 18.0 Å². The van der Waals surface area contributed by atoms with Crippen LogP contribution in [0.5, 0.6) is 0 Å². The first-order chi connectivity index (χ1) is 9.69. The Morgan fingerprint density at radius 3 is 2.60 bits per heavy atom. The van der Waals surface area contributed by atoms with Crippen LogP contribution in [0.1, 0.15) is 19.8 Å². The summed E-state index contributed by atoms with van der Waals surface area (Å²) in [6.07, 6.45) is 3.56. The van der Waals surface area contributed by atoms with E-state index in [0.717, 1.165) is 31.5 Å². The zero-order valence-electron chi connectivity index (χ0n) is 11.2. The molecule has 4 nitrogen and oxygen atoms in total. The van der Waals surface area contributed by atoms with Crippen molar-refractivity contribution in [1.82, 2.24) is 9.97 Å². The molecular formula is C14H16F2N4. The lowest BCUT2D eigenvalue weighted by Crippen LogP contribution is -2.04. The number of hydrogen-bond donors (Lipinski definition) is 2. The molecule has 1 aromatic carbocycles. The summed E-state index contributed by atoms with van der Waals surface area (Å²) in [6, 6.07) is 5.32. The van der Waals surface area contributed by atoms with E-state index in [9.17, 15) is 8.78 Å². The molecule has 0 amide bonds. The summed E-state index contributed by atoms with van der Waals surface area (Å²) in [5.74, 6) is -0.561. The molecule has 0 saturated heterocycles. The molecule has 20 heavy (non-hydrogen) atoms. The van der Waals surface area contributed by atoms with Gasteiger partial charge in [0.05, 0.1) is 0 Å². The van der Waals surface area contributed by atoms with E-state index in [4.69, 9.17) is 0 Å². The Bertz CT molecular complexity index is 575. The number of nitrogens with zero attached hydrogens (tertiary/aromatic N) is 2. The molecular weight excluding hydrogens is 262 g/mol. The maximum absolute atomic E-state index is 13.1. The Balaban J connectivity index is 2.05. The van der Waals surface area contributed by atoms with Gasteiger partial charge in [-0.1, -0.05) is 13.3 Å². The first-order valence-corrected chi connectivity index (χ1v) is 6.47. The van der Waals surface area contributed by atoms with E-state index in [-0.39, 0.29) is 0 Å². The largest absolute Gasteiger partial charge is 0.370 e. The Morgan fingerprint density at radius 2 is 1.85 bits per heavy atom. The van der Waals surface area contributed by atoms with Crippen molar-refractivity contribution in [1.29, 1.82) is 0 Å². The molecule has 0 atom stereocenters. The third-order valence-corrected chi connectivity index (χ3v) is 2.70. The highest BCUT2D eigenvalue weighted by atomic mass is 19.2. The molecule has 0 aliphatic rings. The van der Waals surface area contributed by atoms with E-state index in [1.165, 1.54) is 12.4 Å². The van der Waals surface area contributed by atoms with E-state index >= 15 is 0 Å². The van der Waals surface area contributed by atoms with Crippen LogP contribution in [0.15, 0.2) is 30.6 Å². The maximum atomic E-state index is 13.1. The molecule has 2 N–H and O–H groups in total. The van der Waals surface area contributed by atoms with Crippen molar-refractivity contribution in [2.45, 2.75) is 19.8 Å². The van der Waals surface area contributed by atoms with Crippen LogP contribution in [0.4, 0.5) is 26.1 Å². The summed E-state index contributed by atoms with van der Waals surface area (Å²) in [4.78, 5) is 8.12. The number of unbranched alkanes of at least 4 members (excludes halogenated alkanes) is 1. The van der Waals surface area contributed by atoms with Crippen LogP contribution in [-0.2, 0) is 0 Å². The third-order valence-electron chi connectivity index (χ3n) is 2.70.